The minimum atomic E-state index is -0.732. The molecule has 0 unspecified atom stereocenters. The molecule has 0 atom stereocenters. The fourth-order valence-electron chi connectivity index (χ4n) is 1.08. The van der Waals surface area contributed by atoms with Crippen LogP contribution < -0.4 is 5.32 Å². The number of nitrogens with one attached hydrogen (secondary N) is 1. The lowest BCUT2D eigenvalue weighted by molar-refractivity contribution is 0.0916. The molecule has 0 aliphatic heterocycles. The van der Waals surface area contributed by atoms with Crippen molar-refractivity contribution in [3.8, 4) is 0 Å². The zero-order valence-electron chi connectivity index (χ0n) is 8.98. The average Bonchev–Trinajstić information content (AvgIpc) is 2.21. The van der Waals surface area contributed by atoms with E-state index in [0.717, 1.165) is 18.2 Å². The van der Waals surface area contributed by atoms with Crippen LogP contribution in [0.3, 0.4) is 0 Å². The van der Waals surface area contributed by atoms with E-state index in [0.29, 0.717) is 5.33 Å². The maximum absolute atomic E-state index is 13.3. The fourth-order valence-corrected chi connectivity index (χ4v) is 1.22. The average molecular weight is 292 g/mol. The van der Waals surface area contributed by atoms with Gasteiger partial charge in [-0.1, -0.05) is 15.9 Å². The summed E-state index contributed by atoms with van der Waals surface area (Å²) in [7, 11) is 0. The Kier molecular flexibility index (Phi) is 4.02. The number of benzene rings is 1. The summed E-state index contributed by atoms with van der Waals surface area (Å²) in [6, 6.07) is 2.79. The van der Waals surface area contributed by atoms with Crippen molar-refractivity contribution < 1.29 is 13.6 Å². The highest BCUT2D eigenvalue weighted by Crippen LogP contribution is 2.12. The SMILES string of the molecule is CC(C)(CBr)NC(=O)c1cc(F)ccc1F. The first-order valence-electron chi connectivity index (χ1n) is 4.69. The maximum atomic E-state index is 13.3. The first kappa shape index (κ1) is 13.1. The lowest BCUT2D eigenvalue weighted by atomic mass is 10.1. The minimum absolute atomic E-state index is 0.283. The summed E-state index contributed by atoms with van der Waals surface area (Å²) in [6.45, 7) is 3.55. The van der Waals surface area contributed by atoms with Crippen LogP contribution in [0.5, 0.6) is 0 Å². The van der Waals surface area contributed by atoms with E-state index in [-0.39, 0.29) is 5.56 Å². The van der Waals surface area contributed by atoms with E-state index in [1.165, 1.54) is 0 Å². The molecule has 0 heterocycles. The van der Waals surface area contributed by atoms with Crippen LogP contribution in [0.4, 0.5) is 8.78 Å². The van der Waals surface area contributed by atoms with E-state index in [2.05, 4.69) is 21.2 Å². The number of hydrogen-bond acceptors (Lipinski definition) is 1. The predicted molar refractivity (Wildman–Crippen MR) is 61.7 cm³/mol. The molecule has 0 fully saturated rings. The molecule has 0 aliphatic carbocycles. The third kappa shape index (κ3) is 3.27. The van der Waals surface area contributed by atoms with Gasteiger partial charge in [-0.25, -0.2) is 8.78 Å². The summed E-state index contributed by atoms with van der Waals surface area (Å²) >= 11 is 3.22. The van der Waals surface area contributed by atoms with Crippen LogP contribution in [0, 0.1) is 11.6 Å². The maximum Gasteiger partial charge on any atom is 0.254 e. The van der Waals surface area contributed by atoms with Gasteiger partial charge in [0.05, 0.1) is 5.56 Å². The van der Waals surface area contributed by atoms with Crippen LogP contribution in [0.25, 0.3) is 0 Å². The fraction of sp³-hybridized carbons (Fsp3) is 0.364. The van der Waals surface area contributed by atoms with Gasteiger partial charge < -0.3 is 5.32 Å². The van der Waals surface area contributed by atoms with Crippen molar-refractivity contribution in [2.24, 2.45) is 0 Å². The number of hydrogen-bond donors (Lipinski definition) is 1. The molecule has 0 aromatic heterocycles. The smallest absolute Gasteiger partial charge is 0.254 e. The zero-order valence-corrected chi connectivity index (χ0v) is 10.6. The Morgan fingerprint density at radius 1 is 1.44 bits per heavy atom. The molecule has 1 aromatic carbocycles. The molecule has 1 amide bonds. The summed E-state index contributed by atoms with van der Waals surface area (Å²) in [5.41, 5.74) is -0.801. The van der Waals surface area contributed by atoms with Crippen molar-refractivity contribution in [2.45, 2.75) is 19.4 Å². The van der Waals surface area contributed by atoms with Crippen molar-refractivity contribution in [3.63, 3.8) is 0 Å². The van der Waals surface area contributed by atoms with E-state index >= 15 is 0 Å². The predicted octanol–water partition coefficient (Wildman–Crippen LogP) is 2.87. The van der Waals surface area contributed by atoms with Gasteiger partial charge in [-0.2, -0.15) is 0 Å². The van der Waals surface area contributed by atoms with Gasteiger partial charge in [0.15, 0.2) is 0 Å². The molecular formula is C11H12BrF2NO. The summed E-state index contributed by atoms with van der Waals surface area (Å²) in [5, 5.41) is 3.11. The van der Waals surface area contributed by atoms with Crippen LogP contribution in [-0.2, 0) is 0 Å². The van der Waals surface area contributed by atoms with Crippen LogP contribution in [-0.4, -0.2) is 16.8 Å². The molecule has 0 saturated heterocycles. The second-order valence-corrected chi connectivity index (χ2v) is 4.66. The van der Waals surface area contributed by atoms with Gasteiger partial charge in [-0.3, -0.25) is 4.79 Å². The van der Waals surface area contributed by atoms with Crippen molar-refractivity contribution in [2.75, 3.05) is 5.33 Å². The van der Waals surface area contributed by atoms with Crippen LogP contribution >= 0.6 is 15.9 Å². The van der Waals surface area contributed by atoms with Gasteiger partial charge in [0.25, 0.3) is 5.91 Å². The molecule has 16 heavy (non-hydrogen) atoms. The second-order valence-electron chi connectivity index (χ2n) is 4.10. The molecule has 1 rings (SSSR count). The number of halogens is 3. The van der Waals surface area contributed by atoms with E-state index in [1.807, 2.05) is 0 Å². The quantitative estimate of drug-likeness (QED) is 0.853. The molecular weight excluding hydrogens is 280 g/mol. The number of rotatable bonds is 3. The van der Waals surface area contributed by atoms with Gasteiger partial charge in [-0.15, -0.1) is 0 Å². The van der Waals surface area contributed by atoms with E-state index < -0.39 is 23.1 Å². The molecule has 0 saturated carbocycles. The molecule has 2 nitrogen and oxygen atoms in total. The number of amides is 1. The Morgan fingerprint density at radius 2 is 2.06 bits per heavy atom. The Bertz CT molecular complexity index is 407. The molecule has 0 spiro atoms. The Balaban J connectivity index is 2.93. The van der Waals surface area contributed by atoms with Gasteiger partial charge >= 0.3 is 0 Å². The number of alkyl halides is 1. The lowest BCUT2D eigenvalue weighted by Crippen LogP contribution is -2.45. The highest BCUT2D eigenvalue weighted by Gasteiger charge is 2.21. The first-order chi connectivity index (χ1) is 7.35. The summed E-state index contributed by atoms with van der Waals surface area (Å²) < 4.78 is 26.1. The van der Waals surface area contributed by atoms with E-state index in [1.54, 1.807) is 13.8 Å². The topological polar surface area (TPSA) is 29.1 Å². The van der Waals surface area contributed by atoms with Crippen LogP contribution in [0.2, 0.25) is 0 Å². The minimum Gasteiger partial charge on any atom is -0.346 e. The van der Waals surface area contributed by atoms with Crippen molar-refractivity contribution >= 4 is 21.8 Å². The standard InChI is InChI=1S/C11H12BrF2NO/c1-11(2,6-12)15-10(16)8-5-7(13)3-4-9(8)14/h3-5H,6H2,1-2H3,(H,15,16). The molecule has 5 heteroatoms. The van der Waals surface area contributed by atoms with E-state index in [9.17, 15) is 13.6 Å². The lowest BCUT2D eigenvalue weighted by Gasteiger charge is -2.23. The molecule has 0 aliphatic rings. The van der Waals surface area contributed by atoms with Crippen LogP contribution in [0.1, 0.15) is 24.2 Å². The van der Waals surface area contributed by atoms with E-state index in [4.69, 9.17) is 0 Å². The molecule has 1 N–H and O–H groups in total. The summed E-state index contributed by atoms with van der Waals surface area (Å²) in [5.74, 6) is -1.99. The normalized spacial score (nSPS) is 11.3. The molecule has 1 aromatic rings. The highest BCUT2D eigenvalue weighted by atomic mass is 79.9. The van der Waals surface area contributed by atoms with Crippen molar-refractivity contribution in [1.29, 1.82) is 0 Å². The number of carbonyl (C=O) groups excluding carboxylic acids is 1. The molecule has 0 radical (unpaired) electrons. The van der Waals surface area contributed by atoms with Gasteiger partial charge in [0, 0.05) is 10.9 Å². The molecule has 88 valence electrons. The summed E-state index contributed by atoms with van der Waals surface area (Å²) in [6.07, 6.45) is 0. The second kappa shape index (κ2) is 4.91. The summed E-state index contributed by atoms with van der Waals surface area (Å²) in [4.78, 5) is 11.7. The van der Waals surface area contributed by atoms with Crippen LogP contribution in [0.15, 0.2) is 18.2 Å². The van der Waals surface area contributed by atoms with Gasteiger partial charge in [0.1, 0.15) is 11.6 Å². The van der Waals surface area contributed by atoms with Crippen molar-refractivity contribution in [3.05, 3.63) is 35.4 Å². The monoisotopic (exact) mass is 291 g/mol. The third-order valence-electron chi connectivity index (χ3n) is 1.96. The third-order valence-corrected chi connectivity index (χ3v) is 3.36. The Labute approximate surface area is 101 Å². The highest BCUT2D eigenvalue weighted by molar-refractivity contribution is 9.09. The van der Waals surface area contributed by atoms with Gasteiger partial charge in [0.2, 0.25) is 0 Å². The largest absolute Gasteiger partial charge is 0.346 e. The van der Waals surface area contributed by atoms with Gasteiger partial charge in [-0.05, 0) is 32.0 Å². The Hall–Kier alpha value is -0.970. The van der Waals surface area contributed by atoms with Crippen molar-refractivity contribution in [1.82, 2.24) is 5.32 Å². The zero-order chi connectivity index (χ0) is 12.3. The number of carbonyl (C=O) groups is 1. The molecule has 0 bridgehead atoms. The Morgan fingerprint density at radius 3 is 2.62 bits per heavy atom. The first-order valence-corrected chi connectivity index (χ1v) is 5.81.